The Balaban J connectivity index is 1.69. The molecular weight excluding hydrogens is 254 g/mol. The molecule has 0 unspecified atom stereocenters. The maximum Gasteiger partial charge on any atom is 0.0795 e. The number of anilines is 1. The molecule has 0 radical (unpaired) electrons. The van der Waals surface area contributed by atoms with Crippen LogP contribution in [0.25, 0.3) is 11.1 Å². The molecule has 1 aromatic carbocycles. The van der Waals surface area contributed by atoms with Crippen molar-refractivity contribution in [3.63, 3.8) is 0 Å². The van der Waals surface area contributed by atoms with E-state index in [1.165, 1.54) is 5.56 Å². The molecular formula is C15H13N3S. The second-order valence-corrected chi connectivity index (χ2v) is 4.87. The minimum absolute atomic E-state index is 0.760. The van der Waals surface area contributed by atoms with Gasteiger partial charge in [0.1, 0.15) is 0 Å². The third-order valence-corrected chi connectivity index (χ3v) is 3.47. The summed E-state index contributed by atoms with van der Waals surface area (Å²) in [5.74, 6) is 0. The molecule has 19 heavy (non-hydrogen) atoms. The number of hydrogen-bond donors (Lipinski definition) is 1. The van der Waals surface area contributed by atoms with Gasteiger partial charge < -0.3 is 5.32 Å². The molecule has 1 N–H and O–H groups in total. The summed E-state index contributed by atoms with van der Waals surface area (Å²) in [5, 5.41) is 5.41. The molecule has 0 spiro atoms. The average molecular weight is 267 g/mol. The van der Waals surface area contributed by atoms with Crippen molar-refractivity contribution in [3.8, 4) is 11.1 Å². The van der Waals surface area contributed by atoms with E-state index in [2.05, 4.69) is 51.0 Å². The monoisotopic (exact) mass is 267 g/mol. The fourth-order valence-corrected chi connectivity index (χ4v) is 2.39. The zero-order chi connectivity index (χ0) is 12.9. The van der Waals surface area contributed by atoms with Gasteiger partial charge in [0.15, 0.2) is 0 Å². The Hall–Kier alpha value is -2.20. The van der Waals surface area contributed by atoms with Crippen molar-refractivity contribution in [1.29, 1.82) is 0 Å². The topological polar surface area (TPSA) is 37.8 Å². The fourth-order valence-electron chi connectivity index (χ4n) is 1.83. The van der Waals surface area contributed by atoms with Crippen LogP contribution < -0.4 is 5.32 Å². The Labute approximate surface area is 116 Å². The van der Waals surface area contributed by atoms with Crippen LogP contribution in [0.4, 0.5) is 5.69 Å². The molecule has 3 nitrogen and oxygen atoms in total. The fraction of sp³-hybridized carbons (Fsp3) is 0.0667. The van der Waals surface area contributed by atoms with Crippen molar-refractivity contribution in [2.75, 3.05) is 5.32 Å². The summed E-state index contributed by atoms with van der Waals surface area (Å²) in [5.41, 5.74) is 6.32. The first kappa shape index (κ1) is 11.9. The highest BCUT2D eigenvalue weighted by Gasteiger charge is 1.98. The van der Waals surface area contributed by atoms with Crippen molar-refractivity contribution in [1.82, 2.24) is 9.97 Å². The first-order chi connectivity index (χ1) is 9.42. The van der Waals surface area contributed by atoms with Gasteiger partial charge in [-0.25, -0.2) is 4.98 Å². The zero-order valence-electron chi connectivity index (χ0n) is 10.3. The van der Waals surface area contributed by atoms with Gasteiger partial charge in [-0.05, 0) is 29.3 Å². The van der Waals surface area contributed by atoms with Gasteiger partial charge in [-0.2, -0.15) is 0 Å². The van der Waals surface area contributed by atoms with Crippen LogP contribution in [0.2, 0.25) is 0 Å². The van der Waals surface area contributed by atoms with Crippen molar-refractivity contribution >= 4 is 17.0 Å². The van der Waals surface area contributed by atoms with Gasteiger partial charge in [-0.1, -0.05) is 18.2 Å². The summed E-state index contributed by atoms with van der Waals surface area (Å²) < 4.78 is 0. The summed E-state index contributed by atoms with van der Waals surface area (Å²) in [7, 11) is 0. The molecule has 3 aromatic rings. The lowest BCUT2D eigenvalue weighted by atomic mass is 10.1. The quantitative estimate of drug-likeness (QED) is 0.781. The highest BCUT2D eigenvalue weighted by Crippen LogP contribution is 2.20. The van der Waals surface area contributed by atoms with E-state index in [9.17, 15) is 0 Å². The van der Waals surface area contributed by atoms with Gasteiger partial charge in [0.25, 0.3) is 0 Å². The Bertz CT molecular complexity index is 618. The van der Waals surface area contributed by atoms with E-state index in [-0.39, 0.29) is 0 Å². The van der Waals surface area contributed by atoms with E-state index in [4.69, 9.17) is 0 Å². The van der Waals surface area contributed by atoms with E-state index >= 15 is 0 Å². The van der Waals surface area contributed by atoms with Crippen molar-refractivity contribution in [2.45, 2.75) is 6.54 Å². The van der Waals surface area contributed by atoms with Crippen LogP contribution in [-0.4, -0.2) is 9.97 Å². The predicted octanol–water partition coefficient (Wildman–Crippen LogP) is 3.82. The van der Waals surface area contributed by atoms with E-state index in [0.29, 0.717) is 0 Å². The second kappa shape index (κ2) is 5.63. The normalized spacial score (nSPS) is 10.3. The van der Waals surface area contributed by atoms with Gasteiger partial charge in [0.05, 0.1) is 17.7 Å². The second-order valence-electron chi connectivity index (χ2n) is 4.15. The number of thiazole rings is 1. The first-order valence-corrected chi connectivity index (χ1v) is 6.97. The number of pyridine rings is 1. The molecule has 2 aromatic heterocycles. The number of aromatic nitrogens is 2. The Kier molecular flexibility index (Phi) is 3.51. The summed E-state index contributed by atoms with van der Waals surface area (Å²) in [6.07, 6.45) is 3.66. The maximum atomic E-state index is 4.24. The molecule has 0 amide bonds. The molecule has 0 aliphatic rings. The molecule has 0 saturated carbocycles. The summed E-state index contributed by atoms with van der Waals surface area (Å²) in [6, 6.07) is 12.4. The third-order valence-electron chi connectivity index (χ3n) is 2.84. The Morgan fingerprint density at radius 1 is 1.05 bits per heavy atom. The summed E-state index contributed by atoms with van der Waals surface area (Å²) in [4.78, 5) is 8.38. The van der Waals surface area contributed by atoms with Crippen LogP contribution in [-0.2, 0) is 6.54 Å². The molecule has 4 heteroatoms. The van der Waals surface area contributed by atoms with Crippen LogP contribution in [0.3, 0.4) is 0 Å². The molecule has 0 aliphatic heterocycles. The lowest BCUT2D eigenvalue weighted by Crippen LogP contribution is -1.99. The zero-order valence-corrected chi connectivity index (χ0v) is 11.1. The highest BCUT2D eigenvalue weighted by atomic mass is 32.1. The van der Waals surface area contributed by atoms with Crippen LogP contribution in [0, 0.1) is 0 Å². The SMILES string of the molecule is c1cncc(-c2ccc(NCc3cscn3)cc2)c1. The molecule has 3 rings (SSSR count). The van der Waals surface area contributed by atoms with Crippen molar-refractivity contribution in [2.24, 2.45) is 0 Å². The number of benzene rings is 1. The summed E-state index contributed by atoms with van der Waals surface area (Å²) >= 11 is 1.62. The maximum absolute atomic E-state index is 4.24. The van der Waals surface area contributed by atoms with E-state index in [1.807, 2.05) is 17.8 Å². The standard InChI is InChI=1S/C15H13N3S/c1-2-13(8-16-7-1)12-3-5-14(6-4-12)17-9-15-10-19-11-18-15/h1-8,10-11,17H,9H2. The van der Waals surface area contributed by atoms with Gasteiger partial charge in [0.2, 0.25) is 0 Å². The van der Waals surface area contributed by atoms with Crippen LogP contribution in [0.5, 0.6) is 0 Å². The minimum atomic E-state index is 0.760. The van der Waals surface area contributed by atoms with Crippen molar-refractivity contribution < 1.29 is 0 Å². The van der Waals surface area contributed by atoms with E-state index < -0.39 is 0 Å². The van der Waals surface area contributed by atoms with Gasteiger partial charge in [-0.3, -0.25) is 4.98 Å². The largest absolute Gasteiger partial charge is 0.379 e. The lowest BCUT2D eigenvalue weighted by Gasteiger charge is -2.06. The van der Waals surface area contributed by atoms with Gasteiger partial charge >= 0.3 is 0 Å². The van der Waals surface area contributed by atoms with Gasteiger partial charge in [-0.15, -0.1) is 11.3 Å². The van der Waals surface area contributed by atoms with Crippen LogP contribution in [0.1, 0.15) is 5.69 Å². The van der Waals surface area contributed by atoms with Crippen LogP contribution in [0.15, 0.2) is 59.7 Å². The molecule has 0 fully saturated rings. The molecule has 0 saturated heterocycles. The third kappa shape index (κ3) is 2.98. The van der Waals surface area contributed by atoms with Gasteiger partial charge in [0, 0.05) is 23.5 Å². The Morgan fingerprint density at radius 2 is 1.95 bits per heavy atom. The summed E-state index contributed by atoms with van der Waals surface area (Å²) in [6.45, 7) is 0.760. The predicted molar refractivity (Wildman–Crippen MR) is 79.1 cm³/mol. The number of hydrogen-bond acceptors (Lipinski definition) is 4. The highest BCUT2D eigenvalue weighted by molar-refractivity contribution is 7.07. The first-order valence-electron chi connectivity index (χ1n) is 6.03. The molecule has 0 atom stereocenters. The van der Waals surface area contributed by atoms with E-state index in [1.54, 1.807) is 17.5 Å². The smallest absolute Gasteiger partial charge is 0.0795 e. The van der Waals surface area contributed by atoms with Crippen LogP contribution >= 0.6 is 11.3 Å². The molecule has 2 heterocycles. The Morgan fingerprint density at radius 3 is 2.63 bits per heavy atom. The average Bonchev–Trinajstić information content (AvgIpc) is 3.00. The molecule has 0 bridgehead atoms. The van der Waals surface area contributed by atoms with E-state index in [0.717, 1.165) is 23.5 Å². The minimum Gasteiger partial charge on any atom is -0.379 e. The molecule has 94 valence electrons. The number of nitrogens with one attached hydrogen (secondary N) is 1. The van der Waals surface area contributed by atoms with Crippen molar-refractivity contribution in [3.05, 3.63) is 65.4 Å². The lowest BCUT2D eigenvalue weighted by molar-refractivity contribution is 1.07. The number of rotatable bonds is 4. The molecule has 0 aliphatic carbocycles. The number of nitrogens with zero attached hydrogens (tertiary/aromatic N) is 2.